The molecular formula is C18H20BrN3OS. The van der Waals surface area contributed by atoms with E-state index in [-0.39, 0.29) is 5.91 Å². The topological polar surface area (TPSA) is 37.6 Å². The number of benzene rings is 1. The fraction of sp³-hybridized carbons (Fsp3) is 0.444. The summed E-state index contributed by atoms with van der Waals surface area (Å²) in [7, 11) is 1.95. The highest BCUT2D eigenvalue weighted by Gasteiger charge is 2.27. The van der Waals surface area contributed by atoms with Crippen LogP contribution in [-0.2, 0) is 0 Å². The molecule has 6 heteroatoms. The molecule has 0 aliphatic heterocycles. The lowest BCUT2D eigenvalue weighted by Crippen LogP contribution is -2.38. The van der Waals surface area contributed by atoms with Gasteiger partial charge in [-0.15, -0.1) is 0 Å². The van der Waals surface area contributed by atoms with E-state index in [1.54, 1.807) is 0 Å². The molecule has 2 aromatic heterocycles. The molecule has 0 N–H and O–H groups in total. The summed E-state index contributed by atoms with van der Waals surface area (Å²) in [5, 5.41) is 0. The van der Waals surface area contributed by atoms with E-state index in [0.717, 1.165) is 43.9 Å². The SMILES string of the molecule is Cc1c(C(=O)N(C)C2CCCCC2)sc2nc3ccc(Br)cc3n12. The summed E-state index contributed by atoms with van der Waals surface area (Å²) in [4.78, 5) is 21.4. The van der Waals surface area contributed by atoms with E-state index in [4.69, 9.17) is 0 Å². The van der Waals surface area contributed by atoms with Crippen LogP contribution in [0.5, 0.6) is 0 Å². The molecule has 1 fully saturated rings. The molecule has 0 bridgehead atoms. The molecule has 4 rings (SSSR count). The average Bonchev–Trinajstić information content (AvgIpc) is 3.11. The van der Waals surface area contributed by atoms with E-state index in [9.17, 15) is 4.79 Å². The molecule has 1 aromatic carbocycles. The van der Waals surface area contributed by atoms with Crippen molar-refractivity contribution in [3.63, 3.8) is 0 Å². The summed E-state index contributed by atoms with van der Waals surface area (Å²) in [6.07, 6.45) is 6.01. The third-order valence-corrected chi connectivity index (χ3v) is 6.70. The van der Waals surface area contributed by atoms with Gasteiger partial charge in [-0.1, -0.05) is 46.5 Å². The summed E-state index contributed by atoms with van der Waals surface area (Å²) in [6, 6.07) is 6.45. The minimum atomic E-state index is 0.137. The van der Waals surface area contributed by atoms with Crippen LogP contribution in [0.1, 0.15) is 47.5 Å². The Morgan fingerprint density at radius 3 is 2.83 bits per heavy atom. The lowest BCUT2D eigenvalue weighted by molar-refractivity contribution is 0.0700. The van der Waals surface area contributed by atoms with Crippen molar-refractivity contribution in [1.29, 1.82) is 0 Å². The molecule has 0 spiro atoms. The molecule has 0 radical (unpaired) electrons. The van der Waals surface area contributed by atoms with Gasteiger partial charge >= 0.3 is 0 Å². The number of hydrogen-bond acceptors (Lipinski definition) is 3. The van der Waals surface area contributed by atoms with Gasteiger partial charge in [0.15, 0.2) is 4.96 Å². The normalized spacial score (nSPS) is 16.1. The lowest BCUT2D eigenvalue weighted by Gasteiger charge is -2.31. The smallest absolute Gasteiger partial charge is 0.265 e. The Kier molecular flexibility index (Phi) is 4.12. The number of aromatic nitrogens is 2. The summed E-state index contributed by atoms with van der Waals surface area (Å²) in [6.45, 7) is 2.02. The van der Waals surface area contributed by atoms with Crippen molar-refractivity contribution < 1.29 is 4.79 Å². The van der Waals surface area contributed by atoms with E-state index >= 15 is 0 Å². The molecular weight excluding hydrogens is 386 g/mol. The quantitative estimate of drug-likeness (QED) is 0.599. The second-order valence-corrected chi connectivity index (χ2v) is 8.48. The molecule has 1 aliphatic rings. The van der Waals surface area contributed by atoms with Gasteiger partial charge in [-0.2, -0.15) is 0 Å². The Bertz CT molecular complexity index is 923. The molecule has 1 amide bonds. The molecule has 126 valence electrons. The molecule has 24 heavy (non-hydrogen) atoms. The maximum absolute atomic E-state index is 13.0. The zero-order valence-corrected chi connectivity index (χ0v) is 16.3. The van der Waals surface area contributed by atoms with Crippen LogP contribution in [0.2, 0.25) is 0 Å². The number of thiazole rings is 1. The summed E-state index contributed by atoms with van der Waals surface area (Å²) < 4.78 is 3.13. The maximum atomic E-state index is 13.0. The van der Waals surface area contributed by atoms with E-state index < -0.39 is 0 Å². The Morgan fingerprint density at radius 2 is 2.08 bits per heavy atom. The van der Waals surface area contributed by atoms with E-state index in [1.165, 1.54) is 30.6 Å². The van der Waals surface area contributed by atoms with E-state index in [0.29, 0.717) is 6.04 Å². The highest BCUT2D eigenvalue weighted by atomic mass is 79.9. The van der Waals surface area contributed by atoms with Crippen molar-refractivity contribution in [1.82, 2.24) is 14.3 Å². The number of hydrogen-bond donors (Lipinski definition) is 0. The van der Waals surface area contributed by atoms with Crippen molar-refractivity contribution in [3.8, 4) is 0 Å². The second kappa shape index (κ2) is 6.15. The van der Waals surface area contributed by atoms with Crippen LogP contribution in [0.3, 0.4) is 0 Å². The van der Waals surface area contributed by atoms with Crippen LogP contribution in [0.4, 0.5) is 0 Å². The van der Waals surface area contributed by atoms with Gasteiger partial charge in [0, 0.05) is 23.3 Å². The predicted molar refractivity (Wildman–Crippen MR) is 102 cm³/mol. The first-order valence-corrected chi connectivity index (χ1v) is 10.0. The van der Waals surface area contributed by atoms with E-state index in [1.807, 2.05) is 31.0 Å². The number of imidazole rings is 1. The van der Waals surface area contributed by atoms with Crippen LogP contribution in [0.15, 0.2) is 22.7 Å². The fourth-order valence-electron chi connectivity index (χ4n) is 3.68. The number of halogens is 1. The number of carbonyl (C=O) groups is 1. The van der Waals surface area contributed by atoms with Gasteiger partial charge in [0.25, 0.3) is 5.91 Å². The third kappa shape index (κ3) is 2.56. The van der Waals surface area contributed by atoms with Gasteiger partial charge in [0.05, 0.1) is 11.0 Å². The number of rotatable bonds is 2. The molecule has 0 saturated heterocycles. The van der Waals surface area contributed by atoms with Crippen LogP contribution in [-0.4, -0.2) is 33.3 Å². The largest absolute Gasteiger partial charge is 0.338 e. The van der Waals surface area contributed by atoms with E-state index in [2.05, 4.69) is 31.4 Å². The van der Waals surface area contributed by atoms with Gasteiger partial charge in [0.2, 0.25) is 0 Å². The number of fused-ring (bicyclic) bond motifs is 3. The Morgan fingerprint density at radius 1 is 1.33 bits per heavy atom. The zero-order valence-electron chi connectivity index (χ0n) is 13.9. The average molecular weight is 406 g/mol. The van der Waals surface area contributed by atoms with Gasteiger partial charge in [-0.25, -0.2) is 4.98 Å². The monoisotopic (exact) mass is 405 g/mol. The van der Waals surface area contributed by atoms with Gasteiger partial charge in [-0.05, 0) is 38.0 Å². The Hall–Kier alpha value is -1.40. The number of carbonyl (C=O) groups excluding carboxylic acids is 1. The molecule has 0 atom stereocenters. The maximum Gasteiger partial charge on any atom is 0.265 e. The third-order valence-electron chi connectivity index (χ3n) is 5.08. The van der Waals surface area contributed by atoms with Gasteiger partial charge in [0.1, 0.15) is 4.88 Å². The molecule has 4 nitrogen and oxygen atoms in total. The van der Waals surface area contributed by atoms with Crippen molar-refractivity contribution in [2.75, 3.05) is 7.05 Å². The predicted octanol–water partition coefficient (Wildman–Crippen LogP) is 5.02. The highest BCUT2D eigenvalue weighted by Crippen LogP contribution is 2.31. The van der Waals surface area contributed by atoms with Crippen LogP contribution >= 0.6 is 27.3 Å². The first-order chi connectivity index (χ1) is 11.6. The number of aryl methyl sites for hydroxylation is 1. The second-order valence-electron chi connectivity index (χ2n) is 6.59. The van der Waals surface area contributed by atoms with Crippen molar-refractivity contribution >= 4 is 49.2 Å². The highest BCUT2D eigenvalue weighted by molar-refractivity contribution is 9.10. The molecule has 3 aromatic rings. The van der Waals surface area contributed by atoms with Crippen LogP contribution in [0.25, 0.3) is 16.0 Å². The Balaban J connectivity index is 1.75. The minimum Gasteiger partial charge on any atom is -0.338 e. The van der Waals surface area contributed by atoms with Crippen molar-refractivity contribution in [3.05, 3.63) is 33.2 Å². The molecule has 2 heterocycles. The van der Waals surface area contributed by atoms with Crippen LogP contribution in [0, 0.1) is 6.92 Å². The van der Waals surface area contributed by atoms with Crippen molar-refractivity contribution in [2.45, 2.75) is 45.1 Å². The first-order valence-electron chi connectivity index (χ1n) is 8.40. The lowest BCUT2D eigenvalue weighted by atomic mass is 9.94. The molecule has 1 saturated carbocycles. The van der Waals surface area contributed by atoms with Gasteiger partial charge < -0.3 is 4.90 Å². The first kappa shape index (κ1) is 16.1. The summed E-state index contributed by atoms with van der Waals surface area (Å²) >= 11 is 5.03. The van der Waals surface area contributed by atoms with Crippen LogP contribution < -0.4 is 0 Å². The molecule has 0 unspecified atom stereocenters. The number of amides is 1. The van der Waals surface area contributed by atoms with Gasteiger partial charge in [-0.3, -0.25) is 9.20 Å². The Labute approximate surface area is 153 Å². The summed E-state index contributed by atoms with van der Waals surface area (Å²) in [5.74, 6) is 0.137. The fourth-order valence-corrected chi connectivity index (χ4v) is 5.15. The zero-order chi connectivity index (χ0) is 16.8. The minimum absolute atomic E-state index is 0.137. The number of nitrogens with zero attached hydrogens (tertiary/aromatic N) is 3. The summed E-state index contributed by atoms with van der Waals surface area (Å²) in [5.41, 5.74) is 3.00. The standard InChI is InChI=1S/C18H20BrN3OS/c1-11-16(17(23)21(2)13-6-4-3-5-7-13)24-18-20-14-9-8-12(19)10-15(14)22(11)18/h8-10,13H,3-7H2,1-2H3. The molecule has 1 aliphatic carbocycles. The van der Waals surface area contributed by atoms with Crippen molar-refractivity contribution in [2.24, 2.45) is 0 Å².